The van der Waals surface area contributed by atoms with Gasteiger partial charge in [0, 0.05) is 25.4 Å². The molecule has 1 aromatic rings. The molecule has 1 amide bonds. The Balaban J connectivity index is 1.72. The van der Waals surface area contributed by atoms with Crippen molar-refractivity contribution in [1.82, 2.24) is 10.3 Å². The fourth-order valence-electron chi connectivity index (χ4n) is 2.95. The second-order valence-corrected chi connectivity index (χ2v) is 6.06. The zero-order valence-electron chi connectivity index (χ0n) is 12.1. The molecule has 1 heterocycles. The highest BCUT2D eigenvalue weighted by molar-refractivity contribution is 5.76. The zero-order chi connectivity index (χ0) is 14.4. The normalized spacial score (nSPS) is 26.2. The van der Waals surface area contributed by atoms with E-state index < -0.39 is 5.60 Å². The molecule has 1 aliphatic rings. The van der Waals surface area contributed by atoms with Crippen molar-refractivity contribution in [2.75, 3.05) is 6.54 Å². The molecule has 0 aromatic carbocycles. The summed E-state index contributed by atoms with van der Waals surface area (Å²) >= 11 is 0. The highest BCUT2D eigenvalue weighted by Crippen LogP contribution is 2.31. The lowest BCUT2D eigenvalue weighted by Crippen LogP contribution is -2.45. The average Bonchev–Trinajstić information content (AvgIpc) is 2.44. The predicted molar refractivity (Wildman–Crippen MR) is 78.1 cm³/mol. The average molecular weight is 276 g/mol. The van der Waals surface area contributed by atoms with Crippen molar-refractivity contribution in [2.24, 2.45) is 5.92 Å². The van der Waals surface area contributed by atoms with Crippen molar-refractivity contribution in [3.63, 3.8) is 0 Å². The van der Waals surface area contributed by atoms with E-state index in [4.69, 9.17) is 0 Å². The second-order valence-electron chi connectivity index (χ2n) is 6.06. The highest BCUT2D eigenvalue weighted by atomic mass is 16.3. The standard InChI is InChI=1S/C16H24N2O2/c1-13-3-2-8-16(20,11-13)12-18-15(19)5-4-14-6-9-17-10-7-14/h6-7,9-10,13,20H,2-5,8,11-12H2,1H3,(H,18,19). The first-order chi connectivity index (χ1) is 9.57. The van der Waals surface area contributed by atoms with Crippen LogP contribution >= 0.6 is 0 Å². The summed E-state index contributed by atoms with van der Waals surface area (Å²) in [5.41, 5.74) is 0.407. The number of aryl methyl sites for hydroxylation is 1. The van der Waals surface area contributed by atoms with Gasteiger partial charge >= 0.3 is 0 Å². The van der Waals surface area contributed by atoms with Gasteiger partial charge in [0.15, 0.2) is 0 Å². The topological polar surface area (TPSA) is 62.2 Å². The lowest BCUT2D eigenvalue weighted by Gasteiger charge is -2.35. The van der Waals surface area contributed by atoms with E-state index in [-0.39, 0.29) is 5.91 Å². The molecule has 2 N–H and O–H groups in total. The molecule has 4 heteroatoms. The minimum absolute atomic E-state index is 0.00784. The van der Waals surface area contributed by atoms with E-state index in [1.54, 1.807) is 12.4 Å². The summed E-state index contributed by atoms with van der Waals surface area (Å²) in [6.45, 7) is 2.54. The molecular formula is C16H24N2O2. The SMILES string of the molecule is CC1CCCC(O)(CNC(=O)CCc2ccncc2)C1. The van der Waals surface area contributed by atoms with Gasteiger partial charge in [-0.15, -0.1) is 0 Å². The third-order valence-corrected chi connectivity index (χ3v) is 4.07. The Kier molecular flexibility index (Phi) is 5.12. The van der Waals surface area contributed by atoms with Crippen molar-refractivity contribution in [1.29, 1.82) is 0 Å². The van der Waals surface area contributed by atoms with Gasteiger partial charge in [0.05, 0.1) is 5.60 Å². The van der Waals surface area contributed by atoms with Crippen molar-refractivity contribution >= 4 is 5.91 Å². The Labute approximate surface area is 120 Å². The van der Waals surface area contributed by atoms with E-state index in [2.05, 4.69) is 17.2 Å². The molecule has 0 spiro atoms. The van der Waals surface area contributed by atoms with E-state index in [1.165, 1.54) is 6.42 Å². The molecule has 0 saturated heterocycles. The Morgan fingerprint density at radius 2 is 2.25 bits per heavy atom. The van der Waals surface area contributed by atoms with Crippen molar-refractivity contribution in [3.05, 3.63) is 30.1 Å². The van der Waals surface area contributed by atoms with E-state index in [1.807, 2.05) is 12.1 Å². The van der Waals surface area contributed by atoms with E-state index >= 15 is 0 Å². The van der Waals surface area contributed by atoms with Crippen LogP contribution in [0.25, 0.3) is 0 Å². The number of hydrogen-bond acceptors (Lipinski definition) is 3. The minimum Gasteiger partial charge on any atom is -0.388 e. The maximum Gasteiger partial charge on any atom is 0.220 e. The third-order valence-electron chi connectivity index (χ3n) is 4.07. The molecule has 110 valence electrons. The number of carbonyl (C=O) groups excluding carboxylic acids is 1. The van der Waals surface area contributed by atoms with Gasteiger partial charge in [-0.05, 0) is 42.9 Å². The Hall–Kier alpha value is -1.42. The molecule has 1 saturated carbocycles. The van der Waals surface area contributed by atoms with Crippen LogP contribution in [-0.4, -0.2) is 28.1 Å². The van der Waals surface area contributed by atoms with Crippen LogP contribution in [0.1, 0.15) is 44.6 Å². The Morgan fingerprint density at radius 1 is 1.50 bits per heavy atom. The summed E-state index contributed by atoms with van der Waals surface area (Å²) in [7, 11) is 0. The van der Waals surface area contributed by atoms with Gasteiger partial charge < -0.3 is 10.4 Å². The number of pyridine rings is 1. The summed E-state index contributed by atoms with van der Waals surface area (Å²) in [6, 6.07) is 3.84. The molecular weight excluding hydrogens is 252 g/mol. The van der Waals surface area contributed by atoms with Crippen LogP contribution in [0.4, 0.5) is 0 Å². The molecule has 0 bridgehead atoms. The molecule has 2 rings (SSSR count). The molecule has 4 nitrogen and oxygen atoms in total. The fraction of sp³-hybridized carbons (Fsp3) is 0.625. The zero-order valence-corrected chi connectivity index (χ0v) is 12.1. The van der Waals surface area contributed by atoms with Crippen molar-refractivity contribution in [3.8, 4) is 0 Å². The van der Waals surface area contributed by atoms with Crippen LogP contribution in [0.15, 0.2) is 24.5 Å². The van der Waals surface area contributed by atoms with Gasteiger partial charge in [-0.3, -0.25) is 9.78 Å². The molecule has 2 unspecified atom stereocenters. The van der Waals surface area contributed by atoms with Crippen LogP contribution < -0.4 is 5.32 Å². The summed E-state index contributed by atoms with van der Waals surface area (Å²) in [6.07, 6.45) is 8.44. The predicted octanol–water partition coefficient (Wildman–Crippen LogP) is 2.07. The van der Waals surface area contributed by atoms with E-state index in [0.717, 1.165) is 24.8 Å². The van der Waals surface area contributed by atoms with Crippen LogP contribution in [0, 0.1) is 5.92 Å². The second kappa shape index (κ2) is 6.84. The molecule has 20 heavy (non-hydrogen) atoms. The number of carbonyl (C=O) groups is 1. The number of rotatable bonds is 5. The van der Waals surface area contributed by atoms with E-state index in [9.17, 15) is 9.90 Å². The molecule has 1 fully saturated rings. The first-order valence-electron chi connectivity index (χ1n) is 7.45. The largest absolute Gasteiger partial charge is 0.388 e. The summed E-state index contributed by atoms with van der Waals surface area (Å²) in [5, 5.41) is 13.3. The van der Waals surface area contributed by atoms with Gasteiger partial charge in [0.25, 0.3) is 0 Å². The van der Waals surface area contributed by atoms with Crippen LogP contribution in [0.2, 0.25) is 0 Å². The van der Waals surface area contributed by atoms with Crippen molar-refractivity contribution < 1.29 is 9.90 Å². The Morgan fingerprint density at radius 3 is 2.95 bits per heavy atom. The lowest BCUT2D eigenvalue weighted by atomic mass is 9.79. The quantitative estimate of drug-likeness (QED) is 0.865. The number of hydrogen-bond donors (Lipinski definition) is 2. The lowest BCUT2D eigenvalue weighted by molar-refractivity contribution is -0.122. The molecule has 0 radical (unpaired) electrons. The third kappa shape index (κ3) is 4.60. The summed E-state index contributed by atoms with van der Waals surface area (Å²) < 4.78 is 0. The van der Waals surface area contributed by atoms with Gasteiger partial charge in [-0.2, -0.15) is 0 Å². The van der Waals surface area contributed by atoms with Gasteiger partial charge in [-0.25, -0.2) is 0 Å². The van der Waals surface area contributed by atoms with E-state index in [0.29, 0.717) is 25.3 Å². The molecule has 0 aliphatic heterocycles. The maximum absolute atomic E-state index is 11.8. The number of nitrogens with one attached hydrogen (secondary N) is 1. The maximum atomic E-state index is 11.8. The fourth-order valence-corrected chi connectivity index (χ4v) is 2.95. The van der Waals surface area contributed by atoms with Crippen LogP contribution in [-0.2, 0) is 11.2 Å². The van der Waals surface area contributed by atoms with Gasteiger partial charge in [0.2, 0.25) is 5.91 Å². The van der Waals surface area contributed by atoms with Crippen LogP contribution in [0.5, 0.6) is 0 Å². The Bertz CT molecular complexity index is 435. The summed E-state index contributed by atoms with van der Waals surface area (Å²) in [5.74, 6) is 0.552. The number of aromatic nitrogens is 1. The first-order valence-corrected chi connectivity index (χ1v) is 7.45. The molecule has 2 atom stereocenters. The van der Waals surface area contributed by atoms with Gasteiger partial charge in [-0.1, -0.05) is 19.8 Å². The first kappa shape index (κ1) is 15.0. The van der Waals surface area contributed by atoms with Crippen molar-refractivity contribution in [2.45, 2.75) is 51.0 Å². The number of aliphatic hydroxyl groups is 1. The molecule has 1 aromatic heterocycles. The molecule has 1 aliphatic carbocycles. The summed E-state index contributed by atoms with van der Waals surface area (Å²) in [4.78, 5) is 15.8. The monoisotopic (exact) mass is 276 g/mol. The van der Waals surface area contributed by atoms with Crippen LogP contribution in [0.3, 0.4) is 0 Å². The number of nitrogens with zero attached hydrogens (tertiary/aromatic N) is 1. The smallest absolute Gasteiger partial charge is 0.220 e. The number of amides is 1. The minimum atomic E-state index is -0.704. The van der Waals surface area contributed by atoms with Gasteiger partial charge in [0.1, 0.15) is 0 Å². The highest BCUT2D eigenvalue weighted by Gasteiger charge is 2.32.